The van der Waals surface area contributed by atoms with Gasteiger partial charge in [-0.05, 0) is 40.8 Å². The Labute approximate surface area is 180 Å². The van der Waals surface area contributed by atoms with E-state index in [1.807, 2.05) is 47.9 Å². The van der Waals surface area contributed by atoms with Crippen molar-refractivity contribution >= 4 is 5.97 Å². The minimum Gasteiger partial charge on any atom is -0.476 e. The van der Waals surface area contributed by atoms with Gasteiger partial charge < -0.3 is 9.67 Å². The van der Waals surface area contributed by atoms with Crippen LogP contribution in [0.2, 0.25) is 0 Å². The topological polar surface area (TPSA) is 110 Å². The van der Waals surface area contributed by atoms with Crippen LogP contribution in [0.1, 0.15) is 47.8 Å². The van der Waals surface area contributed by atoms with Crippen molar-refractivity contribution < 1.29 is 9.90 Å². The summed E-state index contributed by atoms with van der Waals surface area (Å²) in [7, 11) is 0. The average molecular weight is 416 g/mol. The molecule has 0 atom stereocenters. The van der Waals surface area contributed by atoms with Gasteiger partial charge in [0.2, 0.25) is 5.82 Å². The number of aromatic amines is 1. The van der Waals surface area contributed by atoms with Gasteiger partial charge in [0.15, 0.2) is 5.69 Å². The first kappa shape index (κ1) is 20.5. The molecule has 0 aliphatic rings. The average Bonchev–Trinajstić information content (AvgIpc) is 3.43. The van der Waals surface area contributed by atoms with Crippen LogP contribution in [0.15, 0.2) is 48.5 Å². The van der Waals surface area contributed by atoms with Crippen molar-refractivity contribution in [3.63, 3.8) is 0 Å². The highest BCUT2D eigenvalue weighted by molar-refractivity contribution is 5.87. The van der Waals surface area contributed by atoms with Crippen LogP contribution in [0.5, 0.6) is 0 Å². The van der Waals surface area contributed by atoms with Gasteiger partial charge in [0.05, 0.1) is 5.69 Å². The highest BCUT2D eigenvalue weighted by Gasteiger charge is 2.21. The summed E-state index contributed by atoms with van der Waals surface area (Å²) in [6.07, 6.45) is 2.21. The lowest BCUT2D eigenvalue weighted by Gasteiger charge is -2.14. The Morgan fingerprint density at radius 2 is 1.90 bits per heavy atom. The molecular weight excluding hydrogens is 392 g/mol. The summed E-state index contributed by atoms with van der Waals surface area (Å²) in [5, 5.41) is 24.2. The lowest BCUT2D eigenvalue weighted by atomic mass is 9.97. The maximum Gasteiger partial charge on any atom is 0.356 e. The van der Waals surface area contributed by atoms with Crippen molar-refractivity contribution in [2.75, 3.05) is 0 Å². The second-order valence-electron chi connectivity index (χ2n) is 7.30. The Bertz CT molecular complexity index is 1180. The molecule has 2 N–H and O–H groups in total. The fraction of sp³-hybridized carbons (Fsp3) is 0.261. The fourth-order valence-corrected chi connectivity index (χ4v) is 3.87. The van der Waals surface area contributed by atoms with E-state index in [2.05, 4.69) is 44.7 Å². The first-order valence-corrected chi connectivity index (χ1v) is 10.4. The van der Waals surface area contributed by atoms with Crippen LogP contribution in [0, 0.1) is 0 Å². The summed E-state index contributed by atoms with van der Waals surface area (Å²) < 4.78 is 2.03. The van der Waals surface area contributed by atoms with Gasteiger partial charge in [-0.2, -0.15) is 5.21 Å². The van der Waals surface area contributed by atoms with Crippen molar-refractivity contribution in [3.8, 4) is 22.5 Å². The molecule has 4 rings (SSSR count). The number of aromatic carboxylic acids is 1. The van der Waals surface area contributed by atoms with Crippen LogP contribution >= 0.6 is 0 Å². The van der Waals surface area contributed by atoms with Gasteiger partial charge >= 0.3 is 5.97 Å². The number of imidazole rings is 1. The van der Waals surface area contributed by atoms with E-state index in [0.717, 1.165) is 46.6 Å². The van der Waals surface area contributed by atoms with Crippen molar-refractivity contribution in [3.05, 3.63) is 71.3 Å². The van der Waals surface area contributed by atoms with Gasteiger partial charge in [0, 0.05) is 18.5 Å². The molecule has 31 heavy (non-hydrogen) atoms. The Morgan fingerprint density at radius 1 is 1.10 bits per heavy atom. The number of nitrogens with one attached hydrogen (secondary N) is 1. The van der Waals surface area contributed by atoms with Gasteiger partial charge in [0.25, 0.3) is 0 Å². The quantitative estimate of drug-likeness (QED) is 0.449. The molecule has 0 bridgehead atoms. The van der Waals surface area contributed by atoms with E-state index < -0.39 is 5.97 Å². The predicted octanol–water partition coefficient (Wildman–Crippen LogP) is 3.99. The lowest BCUT2D eigenvalue weighted by molar-refractivity contribution is 0.0689. The summed E-state index contributed by atoms with van der Waals surface area (Å²) in [6.45, 7) is 4.55. The second kappa shape index (κ2) is 8.91. The smallest absolute Gasteiger partial charge is 0.356 e. The number of carboxylic acid groups (broad SMARTS) is 1. The Hall–Kier alpha value is -3.81. The summed E-state index contributed by atoms with van der Waals surface area (Å²) in [5.74, 6) is 0.326. The maximum atomic E-state index is 11.7. The van der Waals surface area contributed by atoms with E-state index in [9.17, 15) is 9.90 Å². The number of nitrogens with zero attached hydrogens (tertiary/aromatic N) is 5. The Morgan fingerprint density at radius 3 is 2.55 bits per heavy atom. The Balaban J connectivity index is 1.80. The number of carbonyl (C=O) groups is 1. The third kappa shape index (κ3) is 4.09. The van der Waals surface area contributed by atoms with Crippen LogP contribution in [-0.4, -0.2) is 41.3 Å². The van der Waals surface area contributed by atoms with E-state index in [1.165, 1.54) is 0 Å². The van der Waals surface area contributed by atoms with E-state index in [1.54, 1.807) is 0 Å². The molecule has 0 unspecified atom stereocenters. The molecule has 0 aliphatic carbocycles. The van der Waals surface area contributed by atoms with Gasteiger partial charge in [0.1, 0.15) is 5.82 Å². The van der Waals surface area contributed by atoms with Crippen molar-refractivity contribution in [2.45, 2.75) is 39.7 Å². The molecule has 2 aromatic heterocycles. The molecule has 2 aromatic carbocycles. The van der Waals surface area contributed by atoms with Gasteiger partial charge in [-0.25, -0.2) is 9.78 Å². The largest absolute Gasteiger partial charge is 0.476 e. The molecule has 0 amide bonds. The van der Waals surface area contributed by atoms with E-state index in [-0.39, 0.29) is 5.69 Å². The number of hydrogen-bond acceptors (Lipinski definition) is 5. The van der Waals surface area contributed by atoms with Crippen LogP contribution in [0.4, 0.5) is 0 Å². The molecule has 0 aliphatic heterocycles. The van der Waals surface area contributed by atoms with Crippen molar-refractivity contribution in [1.82, 2.24) is 30.2 Å². The zero-order chi connectivity index (χ0) is 21.8. The number of carboxylic acids is 1. The molecule has 0 fully saturated rings. The van der Waals surface area contributed by atoms with E-state index in [4.69, 9.17) is 0 Å². The molecule has 2 heterocycles. The SMILES string of the molecule is CCCc1nc(C(=O)O)c(CC)n1Cc1ccc(-c2ccccc2)c(-c2nn[nH]n2)c1. The van der Waals surface area contributed by atoms with Crippen LogP contribution < -0.4 is 0 Å². The minimum atomic E-state index is -0.986. The van der Waals surface area contributed by atoms with Crippen LogP contribution in [0.25, 0.3) is 22.5 Å². The normalized spacial score (nSPS) is 11.0. The molecule has 4 aromatic rings. The van der Waals surface area contributed by atoms with Crippen LogP contribution in [0.3, 0.4) is 0 Å². The predicted molar refractivity (Wildman–Crippen MR) is 117 cm³/mol. The second-order valence-corrected chi connectivity index (χ2v) is 7.30. The third-order valence-corrected chi connectivity index (χ3v) is 5.26. The number of hydrogen-bond donors (Lipinski definition) is 2. The zero-order valence-electron chi connectivity index (χ0n) is 17.5. The first-order chi connectivity index (χ1) is 15.1. The molecule has 0 saturated heterocycles. The number of tetrazole rings is 1. The van der Waals surface area contributed by atoms with Gasteiger partial charge in [-0.1, -0.05) is 56.3 Å². The summed E-state index contributed by atoms with van der Waals surface area (Å²) in [4.78, 5) is 16.1. The molecule has 0 saturated carbocycles. The molecule has 8 nitrogen and oxygen atoms in total. The van der Waals surface area contributed by atoms with Crippen molar-refractivity contribution in [1.29, 1.82) is 0 Å². The Kier molecular flexibility index (Phi) is 5.88. The zero-order valence-corrected chi connectivity index (χ0v) is 17.5. The number of benzene rings is 2. The van der Waals surface area contributed by atoms with E-state index >= 15 is 0 Å². The summed E-state index contributed by atoms with van der Waals surface area (Å²) in [6, 6.07) is 16.2. The van der Waals surface area contributed by atoms with Crippen molar-refractivity contribution in [2.24, 2.45) is 0 Å². The molecule has 8 heteroatoms. The number of aromatic nitrogens is 6. The maximum absolute atomic E-state index is 11.7. The molecule has 0 spiro atoms. The van der Waals surface area contributed by atoms with Gasteiger partial charge in [-0.15, -0.1) is 10.2 Å². The number of H-pyrrole nitrogens is 1. The minimum absolute atomic E-state index is 0.144. The first-order valence-electron chi connectivity index (χ1n) is 10.4. The molecular formula is C23H24N6O2. The molecule has 0 radical (unpaired) electrons. The summed E-state index contributed by atoms with van der Waals surface area (Å²) >= 11 is 0. The highest BCUT2D eigenvalue weighted by Crippen LogP contribution is 2.31. The van der Waals surface area contributed by atoms with Crippen LogP contribution in [-0.2, 0) is 19.4 Å². The number of rotatable bonds is 8. The monoisotopic (exact) mass is 416 g/mol. The highest BCUT2D eigenvalue weighted by atomic mass is 16.4. The fourth-order valence-electron chi connectivity index (χ4n) is 3.87. The standard InChI is InChI=1S/C23H24N6O2/c1-3-8-20-24-21(23(30)31)19(4-2)29(20)14-15-11-12-17(16-9-6-5-7-10-16)18(13-15)22-25-27-28-26-22/h5-7,9-13H,3-4,8,14H2,1-2H3,(H,30,31)(H,25,26,27,28). The van der Waals surface area contributed by atoms with E-state index in [0.29, 0.717) is 18.8 Å². The summed E-state index contributed by atoms with van der Waals surface area (Å²) in [5.41, 5.74) is 4.83. The lowest BCUT2D eigenvalue weighted by Crippen LogP contribution is -2.10. The molecule has 158 valence electrons. The number of aryl methyl sites for hydroxylation is 1. The van der Waals surface area contributed by atoms with Gasteiger partial charge in [-0.3, -0.25) is 0 Å². The third-order valence-electron chi connectivity index (χ3n) is 5.26.